The Morgan fingerprint density at radius 3 is 2.34 bits per heavy atom. The lowest BCUT2D eigenvalue weighted by atomic mass is 10.2. The van der Waals surface area contributed by atoms with E-state index in [0.717, 1.165) is 10.0 Å². The van der Waals surface area contributed by atoms with Crippen molar-refractivity contribution in [3.63, 3.8) is 0 Å². The molecule has 2 aromatic carbocycles. The van der Waals surface area contributed by atoms with E-state index in [2.05, 4.69) is 48.0 Å². The molecule has 0 heterocycles. The lowest BCUT2D eigenvalue weighted by molar-refractivity contribution is -0.124. The van der Waals surface area contributed by atoms with Gasteiger partial charge in [0.25, 0.3) is 11.8 Å². The molecule has 154 valence electrons. The second-order valence-corrected chi connectivity index (χ2v) is 8.23. The van der Waals surface area contributed by atoms with Gasteiger partial charge in [0, 0.05) is 9.50 Å². The first kappa shape index (κ1) is 23.4. The average molecular weight is 566 g/mol. The molecule has 0 radical (unpaired) electrons. The third-order valence-corrected chi connectivity index (χ3v) is 4.80. The monoisotopic (exact) mass is 563 g/mol. The zero-order chi connectivity index (χ0) is 21.4. The zero-order valence-corrected chi connectivity index (χ0v) is 19.8. The van der Waals surface area contributed by atoms with Gasteiger partial charge in [-0.3, -0.25) is 25.8 Å². The number of hydrazine groups is 1. The molecule has 7 nitrogen and oxygen atoms in total. The number of halogens is 3. The Balaban J connectivity index is 1.69. The Morgan fingerprint density at radius 2 is 1.69 bits per heavy atom. The van der Waals surface area contributed by atoms with Crippen LogP contribution in [0.2, 0.25) is 5.02 Å². The van der Waals surface area contributed by atoms with Gasteiger partial charge in [0.1, 0.15) is 11.5 Å². The van der Waals surface area contributed by atoms with E-state index in [0.29, 0.717) is 21.0 Å². The average Bonchev–Trinajstić information content (AvgIpc) is 2.65. The lowest BCUT2D eigenvalue weighted by Gasteiger charge is -2.13. The number of carbonyl (C=O) groups is 2. The van der Waals surface area contributed by atoms with E-state index < -0.39 is 11.8 Å². The molecule has 0 bridgehead atoms. The van der Waals surface area contributed by atoms with Crippen molar-refractivity contribution in [3.8, 4) is 11.5 Å². The predicted octanol–water partition coefficient (Wildman–Crippen LogP) is 3.65. The number of thiocarbonyl (C=S) groups is 1. The summed E-state index contributed by atoms with van der Waals surface area (Å²) in [6.45, 7) is 1.36. The molecule has 11 heteroatoms. The van der Waals surface area contributed by atoms with E-state index in [1.165, 1.54) is 0 Å². The molecule has 0 aliphatic rings. The maximum atomic E-state index is 11.9. The highest BCUT2D eigenvalue weighted by Gasteiger charge is 2.11. The summed E-state index contributed by atoms with van der Waals surface area (Å²) < 4.78 is 12.4. The minimum Gasteiger partial charge on any atom is -0.484 e. The molecule has 0 aliphatic heterocycles. The Labute approximate surface area is 194 Å². The third-order valence-electron chi connectivity index (χ3n) is 3.29. The van der Waals surface area contributed by atoms with Gasteiger partial charge >= 0.3 is 0 Å². The van der Waals surface area contributed by atoms with Crippen LogP contribution in [0.5, 0.6) is 11.5 Å². The molecule has 0 saturated carbocycles. The number of aryl methyl sites for hydroxylation is 1. The molecule has 0 aromatic heterocycles. The van der Waals surface area contributed by atoms with Gasteiger partial charge in [0.2, 0.25) is 0 Å². The molecule has 2 amide bonds. The number of benzene rings is 2. The first-order valence-corrected chi connectivity index (χ1v) is 10.5. The van der Waals surface area contributed by atoms with Gasteiger partial charge in [-0.1, -0.05) is 27.5 Å². The van der Waals surface area contributed by atoms with Gasteiger partial charge in [-0.2, -0.15) is 0 Å². The van der Waals surface area contributed by atoms with Gasteiger partial charge in [-0.05, 0) is 77.0 Å². The zero-order valence-electron chi connectivity index (χ0n) is 15.1. The van der Waals surface area contributed by atoms with E-state index in [-0.39, 0.29) is 18.3 Å². The van der Waals surface area contributed by atoms with Crippen LogP contribution in [-0.2, 0) is 9.59 Å². The van der Waals surface area contributed by atoms with Crippen LogP contribution in [0.1, 0.15) is 5.56 Å². The van der Waals surface area contributed by atoms with Gasteiger partial charge < -0.3 is 9.47 Å². The van der Waals surface area contributed by atoms with Gasteiger partial charge in [0.05, 0.1) is 4.47 Å². The SMILES string of the molecule is Cc1cc(Br)cc(Br)c1OCC(=O)NNC(=S)NC(=O)COc1ccc(Cl)cc1. The summed E-state index contributed by atoms with van der Waals surface area (Å²) in [4.78, 5) is 23.7. The summed E-state index contributed by atoms with van der Waals surface area (Å²) in [7, 11) is 0. The van der Waals surface area contributed by atoms with Crippen LogP contribution < -0.4 is 25.6 Å². The molecule has 3 N–H and O–H groups in total. The molecule has 0 saturated heterocycles. The highest BCUT2D eigenvalue weighted by Crippen LogP contribution is 2.32. The fourth-order valence-corrected chi connectivity index (χ4v) is 3.89. The van der Waals surface area contributed by atoms with Crippen molar-refractivity contribution in [2.75, 3.05) is 13.2 Å². The van der Waals surface area contributed by atoms with E-state index in [1.807, 2.05) is 19.1 Å². The van der Waals surface area contributed by atoms with Gasteiger partial charge in [-0.25, -0.2) is 0 Å². The van der Waals surface area contributed by atoms with E-state index in [1.54, 1.807) is 24.3 Å². The quantitative estimate of drug-likeness (QED) is 0.366. The number of nitrogens with one attached hydrogen (secondary N) is 3. The number of hydrogen-bond donors (Lipinski definition) is 3. The molecule has 0 unspecified atom stereocenters. The number of rotatable bonds is 6. The summed E-state index contributed by atoms with van der Waals surface area (Å²) in [5.74, 6) is 0.0763. The Morgan fingerprint density at radius 1 is 1.03 bits per heavy atom. The van der Waals surface area contributed by atoms with Crippen LogP contribution in [-0.4, -0.2) is 30.1 Å². The largest absolute Gasteiger partial charge is 0.484 e. The maximum Gasteiger partial charge on any atom is 0.276 e. The standard InChI is InChI=1S/C18H16Br2ClN3O4S/c1-10-6-11(19)7-14(20)17(10)28-9-16(26)23-24-18(29)22-15(25)8-27-13-4-2-12(21)3-5-13/h2-7H,8-9H2,1H3,(H,23,26)(H2,22,24,25,29). The van der Waals surface area contributed by atoms with Crippen molar-refractivity contribution in [1.29, 1.82) is 0 Å². The highest BCUT2D eigenvalue weighted by molar-refractivity contribution is 9.11. The van der Waals surface area contributed by atoms with Crippen molar-refractivity contribution in [2.24, 2.45) is 0 Å². The minimum absolute atomic E-state index is 0.0796. The summed E-state index contributed by atoms with van der Waals surface area (Å²) in [5.41, 5.74) is 5.62. The normalized spacial score (nSPS) is 10.1. The smallest absolute Gasteiger partial charge is 0.276 e. The predicted molar refractivity (Wildman–Crippen MR) is 121 cm³/mol. The Bertz CT molecular complexity index is 889. The highest BCUT2D eigenvalue weighted by atomic mass is 79.9. The van der Waals surface area contributed by atoms with Gasteiger partial charge in [0.15, 0.2) is 18.3 Å². The number of hydrogen-bond acceptors (Lipinski definition) is 5. The summed E-state index contributed by atoms with van der Waals surface area (Å²) >= 11 is 17.5. The van der Waals surface area contributed by atoms with Crippen molar-refractivity contribution < 1.29 is 19.1 Å². The first-order valence-electron chi connectivity index (χ1n) is 8.10. The molecule has 2 aromatic rings. The van der Waals surface area contributed by atoms with Crippen LogP contribution in [0.3, 0.4) is 0 Å². The molecular weight excluding hydrogens is 550 g/mol. The Hall–Kier alpha value is -1.88. The van der Waals surface area contributed by atoms with E-state index >= 15 is 0 Å². The topological polar surface area (TPSA) is 88.7 Å². The molecule has 0 atom stereocenters. The molecule has 0 spiro atoms. The van der Waals surface area contributed by atoms with Crippen molar-refractivity contribution >= 4 is 72.6 Å². The summed E-state index contributed by atoms with van der Waals surface area (Å²) in [5, 5.41) is 2.86. The van der Waals surface area contributed by atoms with Crippen LogP contribution >= 0.6 is 55.7 Å². The van der Waals surface area contributed by atoms with Crippen LogP contribution in [0.25, 0.3) is 0 Å². The molecule has 0 aliphatic carbocycles. The van der Waals surface area contributed by atoms with Crippen LogP contribution in [0, 0.1) is 6.92 Å². The van der Waals surface area contributed by atoms with E-state index in [9.17, 15) is 9.59 Å². The maximum absolute atomic E-state index is 11.9. The molecule has 2 rings (SSSR count). The molecular formula is C18H16Br2ClN3O4S. The van der Waals surface area contributed by atoms with Crippen molar-refractivity contribution in [1.82, 2.24) is 16.2 Å². The fourth-order valence-electron chi connectivity index (χ4n) is 2.05. The molecule has 29 heavy (non-hydrogen) atoms. The summed E-state index contributed by atoms with van der Waals surface area (Å²) in [6, 6.07) is 10.2. The van der Waals surface area contributed by atoms with Crippen LogP contribution in [0.15, 0.2) is 45.3 Å². The second-order valence-electron chi connectivity index (χ2n) is 5.62. The summed E-state index contributed by atoms with van der Waals surface area (Å²) in [6.07, 6.45) is 0. The number of ether oxygens (including phenoxy) is 2. The second kappa shape index (κ2) is 11.3. The lowest BCUT2D eigenvalue weighted by Crippen LogP contribution is -2.50. The van der Waals surface area contributed by atoms with Crippen molar-refractivity contribution in [3.05, 3.63) is 55.9 Å². The fraction of sp³-hybridized carbons (Fsp3) is 0.167. The third kappa shape index (κ3) is 8.17. The Kier molecular flexibility index (Phi) is 9.15. The first-order chi connectivity index (χ1) is 13.7. The van der Waals surface area contributed by atoms with Crippen molar-refractivity contribution in [2.45, 2.75) is 6.92 Å². The van der Waals surface area contributed by atoms with E-state index in [4.69, 9.17) is 33.3 Å². The number of amides is 2. The number of carbonyl (C=O) groups excluding carboxylic acids is 2. The minimum atomic E-state index is -0.489. The molecule has 0 fully saturated rings. The van der Waals surface area contributed by atoms with Crippen LogP contribution in [0.4, 0.5) is 0 Å². The van der Waals surface area contributed by atoms with Gasteiger partial charge in [-0.15, -0.1) is 0 Å².